The SMILES string of the molecule is CCCc1cc(C(=O)N2CCCC2)ccn1. The minimum Gasteiger partial charge on any atom is -0.339 e. The van der Waals surface area contributed by atoms with Crippen molar-refractivity contribution >= 4 is 5.91 Å². The fourth-order valence-electron chi connectivity index (χ4n) is 2.11. The summed E-state index contributed by atoms with van der Waals surface area (Å²) in [6.07, 6.45) is 6.03. The van der Waals surface area contributed by atoms with Gasteiger partial charge in [-0.15, -0.1) is 0 Å². The van der Waals surface area contributed by atoms with Crippen LogP contribution < -0.4 is 0 Å². The third kappa shape index (κ3) is 2.40. The Morgan fingerprint density at radius 3 is 2.88 bits per heavy atom. The second-order valence-electron chi connectivity index (χ2n) is 4.29. The predicted molar refractivity (Wildman–Crippen MR) is 63.4 cm³/mol. The van der Waals surface area contributed by atoms with Crippen LogP contribution in [0.5, 0.6) is 0 Å². The summed E-state index contributed by atoms with van der Waals surface area (Å²) >= 11 is 0. The highest BCUT2D eigenvalue weighted by Gasteiger charge is 2.19. The minimum absolute atomic E-state index is 0.164. The number of pyridine rings is 1. The molecule has 1 aromatic rings. The van der Waals surface area contributed by atoms with E-state index in [9.17, 15) is 4.79 Å². The Morgan fingerprint density at radius 1 is 1.44 bits per heavy atom. The molecule has 1 aliphatic heterocycles. The molecule has 0 aliphatic carbocycles. The lowest BCUT2D eigenvalue weighted by molar-refractivity contribution is 0.0792. The van der Waals surface area contributed by atoms with Gasteiger partial charge in [-0.2, -0.15) is 0 Å². The molecule has 2 heterocycles. The molecule has 1 saturated heterocycles. The Morgan fingerprint density at radius 2 is 2.19 bits per heavy atom. The van der Waals surface area contributed by atoms with Gasteiger partial charge in [-0.25, -0.2) is 0 Å². The van der Waals surface area contributed by atoms with Crippen molar-refractivity contribution in [2.45, 2.75) is 32.6 Å². The summed E-state index contributed by atoms with van der Waals surface area (Å²) in [4.78, 5) is 18.3. The molecule has 1 amide bonds. The smallest absolute Gasteiger partial charge is 0.253 e. The summed E-state index contributed by atoms with van der Waals surface area (Å²) in [5.41, 5.74) is 1.81. The summed E-state index contributed by atoms with van der Waals surface area (Å²) in [5, 5.41) is 0. The van der Waals surface area contributed by atoms with Crippen molar-refractivity contribution in [1.29, 1.82) is 0 Å². The first-order valence-corrected chi connectivity index (χ1v) is 6.05. The molecule has 0 N–H and O–H groups in total. The van der Waals surface area contributed by atoms with Crippen LogP contribution in [-0.4, -0.2) is 28.9 Å². The molecule has 3 nitrogen and oxygen atoms in total. The number of amides is 1. The average Bonchev–Trinajstić information content (AvgIpc) is 2.82. The molecule has 0 saturated carbocycles. The average molecular weight is 218 g/mol. The number of nitrogens with zero attached hydrogens (tertiary/aromatic N) is 2. The Bertz CT molecular complexity index is 370. The number of hydrogen-bond acceptors (Lipinski definition) is 2. The molecular formula is C13H18N2O. The van der Waals surface area contributed by atoms with Gasteiger partial charge >= 0.3 is 0 Å². The second-order valence-corrected chi connectivity index (χ2v) is 4.29. The van der Waals surface area contributed by atoms with Gasteiger partial charge in [0.05, 0.1) is 0 Å². The van der Waals surface area contributed by atoms with E-state index in [2.05, 4.69) is 11.9 Å². The molecule has 0 aromatic carbocycles. The quantitative estimate of drug-likeness (QED) is 0.779. The van der Waals surface area contributed by atoms with Gasteiger partial charge in [0.25, 0.3) is 5.91 Å². The number of rotatable bonds is 3. The molecule has 1 aliphatic rings. The van der Waals surface area contributed by atoms with Crippen LogP contribution in [0.4, 0.5) is 0 Å². The highest BCUT2D eigenvalue weighted by Crippen LogP contribution is 2.13. The van der Waals surface area contributed by atoms with E-state index in [-0.39, 0.29) is 5.91 Å². The van der Waals surface area contributed by atoms with Crippen LogP contribution in [0.25, 0.3) is 0 Å². The van der Waals surface area contributed by atoms with E-state index < -0.39 is 0 Å². The van der Waals surface area contributed by atoms with Crippen molar-refractivity contribution in [3.8, 4) is 0 Å². The lowest BCUT2D eigenvalue weighted by atomic mass is 10.1. The van der Waals surface area contributed by atoms with Gasteiger partial charge in [-0.3, -0.25) is 9.78 Å². The maximum atomic E-state index is 12.1. The molecule has 2 rings (SSSR count). The van der Waals surface area contributed by atoms with Gasteiger partial charge in [-0.05, 0) is 31.4 Å². The van der Waals surface area contributed by atoms with E-state index in [0.29, 0.717) is 0 Å². The maximum Gasteiger partial charge on any atom is 0.253 e. The first-order valence-electron chi connectivity index (χ1n) is 6.05. The highest BCUT2D eigenvalue weighted by molar-refractivity contribution is 5.94. The van der Waals surface area contributed by atoms with Gasteiger partial charge in [0, 0.05) is 30.5 Å². The Kier molecular flexibility index (Phi) is 3.54. The fraction of sp³-hybridized carbons (Fsp3) is 0.538. The zero-order valence-corrected chi connectivity index (χ0v) is 9.78. The Labute approximate surface area is 96.5 Å². The van der Waals surface area contributed by atoms with E-state index in [1.54, 1.807) is 6.20 Å². The third-order valence-corrected chi connectivity index (χ3v) is 2.96. The second kappa shape index (κ2) is 5.10. The van der Waals surface area contributed by atoms with Gasteiger partial charge in [0.15, 0.2) is 0 Å². The van der Waals surface area contributed by atoms with E-state index in [1.807, 2.05) is 17.0 Å². The molecule has 0 unspecified atom stereocenters. The third-order valence-electron chi connectivity index (χ3n) is 2.96. The topological polar surface area (TPSA) is 33.2 Å². The van der Waals surface area contributed by atoms with E-state index in [4.69, 9.17) is 0 Å². The van der Waals surface area contributed by atoms with Crippen LogP contribution in [-0.2, 0) is 6.42 Å². The molecule has 0 radical (unpaired) electrons. The van der Waals surface area contributed by atoms with E-state index >= 15 is 0 Å². The summed E-state index contributed by atoms with van der Waals surface area (Å²) in [6.45, 7) is 3.94. The normalized spacial score (nSPS) is 15.4. The number of aryl methyl sites for hydroxylation is 1. The van der Waals surface area contributed by atoms with Crippen molar-refractivity contribution in [2.75, 3.05) is 13.1 Å². The molecule has 1 aromatic heterocycles. The standard InChI is InChI=1S/C13H18N2O/c1-2-5-12-10-11(6-7-14-12)13(16)15-8-3-4-9-15/h6-7,10H,2-5,8-9H2,1H3. The van der Waals surface area contributed by atoms with Gasteiger partial charge in [0.2, 0.25) is 0 Å². The van der Waals surface area contributed by atoms with Crippen LogP contribution in [0.2, 0.25) is 0 Å². The molecule has 1 fully saturated rings. The van der Waals surface area contributed by atoms with Crippen LogP contribution in [0, 0.1) is 0 Å². The van der Waals surface area contributed by atoms with Crippen LogP contribution in [0.3, 0.4) is 0 Å². The molecule has 0 atom stereocenters. The molecule has 86 valence electrons. The molecule has 16 heavy (non-hydrogen) atoms. The van der Waals surface area contributed by atoms with Gasteiger partial charge in [-0.1, -0.05) is 13.3 Å². The first-order chi connectivity index (χ1) is 7.81. The largest absolute Gasteiger partial charge is 0.339 e. The van der Waals surface area contributed by atoms with Crippen molar-refractivity contribution in [1.82, 2.24) is 9.88 Å². The molecule has 0 spiro atoms. The summed E-state index contributed by atoms with van der Waals surface area (Å²) in [5.74, 6) is 0.164. The van der Waals surface area contributed by atoms with Crippen molar-refractivity contribution in [3.05, 3.63) is 29.6 Å². The summed E-state index contributed by atoms with van der Waals surface area (Å²) in [6, 6.07) is 3.75. The predicted octanol–water partition coefficient (Wildman–Crippen LogP) is 2.27. The summed E-state index contributed by atoms with van der Waals surface area (Å²) in [7, 11) is 0. The number of carbonyl (C=O) groups is 1. The summed E-state index contributed by atoms with van der Waals surface area (Å²) < 4.78 is 0. The number of carbonyl (C=O) groups excluding carboxylic acids is 1. The monoisotopic (exact) mass is 218 g/mol. The Hall–Kier alpha value is -1.38. The van der Waals surface area contributed by atoms with Crippen LogP contribution >= 0.6 is 0 Å². The number of aromatic nitrogens is 1. The van der Waals surface area contributed by atoms with Crippen molar-refractivity contribution in [2.24, 2.45) is 0 Å². The van der Waals surface area contributed by atoms with Gasteiger partial charge in [0.1, 0.15) is 0 Å². The van der Waals surface area contributed by atoms with Gasteiger partial charge < -0.3 is 4.90 Å². The molecule has 3 heteroatoms. The number of likely N-dealkylation sites (tertiary alicyclic amines) is 1. The zero-order valence-electron chi connectivity index (χ0n) is 9.78. The molecular weight excluding hydrogens is 200 g/mol. The lowest BCUT2D eigenvalue weighted by Crippen LogP contribution is -2.27. The maximum absolute atomic E-state index is 12.1. The lowest BCUT2D eigenvalue weighted by Gasteiger charge is -2.15. The number of hydrogen-bond donors (Lipinski definition) is 0. The first kappa shape index (κ1) is 11.1. The van der Waals surface area contributed by atoms with Crippen molar-refractivity contribution in [3.63, 3.8) is 0 Å². The van der Waals surface area contributed by atoms with Crippen LogP contribution in [0.15, 0.2) is 18.3 Å². The fourth-order valence-corrected chi connectivity index (χ4v) is 2.11. The highest BCUT2D eigenvalue weighted by atomic mass is 16.2. The van der Waals surface area contributed by atoms with Crippen LogP contribution in [0.1, 0.15) is 42.2 Å². The van der Waals surface area contributed by atoms with E-state index in [1.165, 1.54) is 0 Å². The minimum atomic E-state index is 0.164. The van der Waals surface area contributed by atoms with E-state index in [0.717, 1.165) is 50.0 Å². The molecule has 0 bridgehead atoms. The Balaban J connectivity index is 2.12. The van der Waals surface area contributed by atoms with Crippen molar-refractivity contribution < 1.29 is 4.79 Å². The zero-order chi connectivity index (χ0) is 11.4.